The molecule has 3 rings (SSSR count). The topological polar surface area (TPSA) is 93.4 Å². The number of benzene rings is 1. The van der Waals surface area contributed by atoms with Gasteiger partial charge in [-0.3, -0.25) is 4.79 Å². The zero-order chi connectivity index (χ0) is 18.5. The van der Waals surface area contributed by atoms with Crippen molar-refractivity contribution in [2.45, 2.75) is 13.3 Å². The van der Waals surface area contributed by atoms with Crippen LogP contribution in [-0.4, -0.2) is 45.7 Å². The Morgan fingerprint density at radius 1 is 1.31 bits per heavy atom. The van der Waals surface area contributed by atoms with Crippen LogP contribution in [0.4, 0.5) is 5.82 Å². The number of anilines is 1. The lowest BCUT2D eigenvalue weighted by Crippen LogP contribution is -2.26. The Morgan fingerprint density at radius 2 is 2.15 bits per heavy atom. The molecular formula is C17H19BrN6O2. The van der Waals surface area contributed by atoms with Crippen molar-refractivity contribution in [3.63, 3.8) is 0 Å². The number of methoxy groups -OCH3 is 1. The molecule has 136 valence electrons. The van der Waals surface area contributed by atoms with E-state index in [2.05, 4.69) is 41.6 Å². The molecule has 0 bridgehead atoms. The fraction of sp³-hybridized carbons (Fsp3) is 0.294. The molecule has 1 amide bonds. The standard InChI is InChI=1S/C17H19BrN6O2/c1-11-8-15(24-17(23-11)21-10-22-24)19-6-3-7-20-16(25)13-9-12(26-2)4-5-14(13)18/h4-5,8-10,19H,3,6-7H2,1-2H3,(H,20,25). The lowest BCUT2D eigenvalue weighted by atomic mass is 10.2. The molecule has 2 heterocycles. The summed E-state index contributed by atoms with van der Waals surface area (Å²) in [6, 6.07) is 7.21. The van der Waals surface area contributed by atoms with Crippen LogP contribution in [0.1, 0.15) is 22.5 Å². The van der Waals surface area contributed by atoms with E-state index in [9.17, 15) is 4.79 Å². The second kappa shape index (κ2) is 8.13. The summed E-state index contributed by atoms with van der Waals surface area (Å²) in [7, 11) is 1.57. The van der Waals surface area contributed by atoms with Gasteiger partial charge in [-0.2, -0.15) is 14.6 Å². The molecule has 0 atom stereocenters. The smallest absolute Gasteiger partial charge is 0.254 e. The Hall–Kier alpha value is -2.68. The van der Waals surface area contributed by atoms with Gasteiger partial charge < -0.3 is 15.4 Å². The fourth-order valence-electron chi connectivity index (χ4n) is 2.46. The number of carbonyl (C=O) groups excluding carboxylic acids is 1. The molecular weight excluding hydrogens is 400 g/mol. The molecule has 0 saturated heterocycles. The molecule has 0 aliphatic heterocycles. The largest absolute Gasteiger partial charge is 0.497 e. The van der Waals surface area contributed by atoms with Crippen LogP contribution >= 0.6 is 15.9 Å². The van der Waals surface area contributed by atoms with Gasteiger partial charge >= 0.3 is 0 Å². The van der Waals surface area contributed by atoms with Crippen LogP contribution in [0.15, 0.2) is 35.1 Å². The number of amides is 1. The van der Waals surface area contributed by atoms with Crippen LogP contribution in [0.3, 0.4) is 0 Å². The van der Waals surface area contributed by atoms with E-state index in [4.69, 9.17) is 4.74 Å². The zero-order valence-electron chi connectivity index (χ0n) is 14.5. The molecule has 8 nitrogen and oxygen atoms in total. The van der Waals surface area contributed by atoms with Gasteiger partial charge in [-0.05, 0) is 47.5 Å². The molecule has 2 N–H and O–H groups in total. The highest BCUT2D eigenvalue weighted by Crippen LogP contribution is 2.22. The average molecular weight is 419 g/mol. The number of rotatable bonds is 7. The Morgan fingerprint density at radius 3 is 2.96 bits per heavy atom. The minimum absolute atomic E-state index is 0.144. The normalized spacial score (nSPS) is 10.7. The third kappa shape index (κ3) is 4.10. The maximum Gasteiger partial charge on any atom is 0.254 e. The number of nitrogens with one attached hydrogen (secondary N) is 2. The predicted octanol–water partition coefficient (Wildman–Crippen LogP) is 2.44. The predicted molar refractivity (Wildman–Crippen MR) is 102 cm³/mol. The molecule has 0 saturated carbocycles. The van der Waals surface area contributed by atoms with Gasteiger partial charge in [0.25, 0.3) is 11.7 Å². The van der Waals surface area contributed by atoms with Crippen molar-refractivity contribution in [3.8, 4) is 5.75 Å². The van der Waals surface area contributed by atoms with Crippen LogP contribution < -0.4 is 15.4 Å². The summed E-state index contributed by atoms with van der Waals surface area (Å²) < 4.78 is 7.54. The van der Waals surface area contributed by atoms with E-state index in [0.717, 1.165) is 22.4 Å². The maximum absolute atomic E-state index is 12.3. The summed E-state index contributed by atoms with van der Waals surface area (Å²) in [6.07, 6.45) is 2.23. The number of hydrogen-bond acceptors (Lipinski definition) is 6. The summed E-state index contributed by atoms with van der Waals surface area (Å²) in [4.78, 5) is 20.7. The Balaban J connectivity index is 1.51. The van der Waals surface area contributed by atoms with Gasteiger partial charge in [0.1, 0.15) is 17.9 Å². The van der Waals surface area contributed by atoms with E-state index in [-0.39, 0.29) is 5.91 Å². The molecule has 0 radical (unpaired) electrons. The number of hydrogen-bond donors (Lipinski definition) is 2. The molecule has 0 aliphatic rings. The number of aromatic nitrogens is 4. The summed E-state index contributed by atoms with van der Waals surface area (Å²) in [5.41, 5.74) is 1.41. The van der Waals surface area contributed by atoms with Crippen LogP contribution in [-0.2, 0) is 0 Å². The average Bonchev–Trinajstić information content (AvgIpc) is 3.10. The number of aryl methyl sites for hydroxylation is 1. The van der Waals surface area contributed by atoms with Crippen LogP contribution in [0.2, 0.25) is 0 Å². The quantitative estimate of drug-likeness (QED) is 0.572. The van der Waals surface area contributed by atoms with Crippen molar-refractivity contribution in [1.82, 2.24) is 24.9 Å². The third-order valence-corrected chi connectivity index (χ3v) is 4.43. The van der Waals surface area contributed by atoms with Crippen LogP contribution in [0.25, 0.3) is 5.78 Å². The van der Waals surface area contributed by atoms with E-state index in [1.807, 2.05) is 13.0 Å². The molecule has 0 aliphatic carbocycles. The van der Waals surface area contributed by atoms with Gasteiger partial charge in [0.2, 0.25) is 0 Å². The van der Waals surface area contributed by atoms with Crippen molar-refractivity contribution in [2.24, 2.45) is 0 Å². The van der Waals surface area contributed by atoms with Crippen molar-refractivity contribution >= 4 is 33.4 Å². The van der Waals surface area contributed by atoms with Gasteiger partial charge in [0, 0.05) is 29.3 Å². The van der Waals surface area contributed by atoms with Crippen molar-refractivity contribution < 1.29 is 9.53 Å². The number of halogens is 1. The highest BCUT2D eigenvalue weighted by atomic mass is 79.9. The molecule has 0 fully saturated rings. The molecule has 9 heteroatoms. The maximum atomic E-state index is 12.3. The number of nitrogens with zero attached hydrogens (tertiary/aromatic N) is 4. The Bertz CT molecular complexity index is 927. The van der Waals surface area contributed by atoms with Gasteiger partial charge in [0.05, 0.1) is 12.7 Å². The van der Waals surface area contributed by atoms with Gasteiger partial charge in [-0.25, -0.2) is 4.98 Å². The highest BCUT2D eigenvalue weighted by molar-refractivity contribution is 9.10. The van der Waals surface area contributed by atoms with Crippen molar-refractivity contribution in [2.75, 3.05) is 25.5 Å². The zero-order valence-corrected chi connectivity index (χ0v) is 16.1. The van der Waals surface area contributed by atoms with Gasteiger partial charge in [-0.1, -0.05) is 0 Å². The number of fused-ring (bicyclic) bond motifs is 1. The first-order valence-electron chi connectivity index (χ1n) is 8.11. The van der Waals surface area contributed by atoms with Gasteiger partial charge in [-0.15, -0.1) is 0 Å². The molecule has 2 aromatic heterocycles. The van der Waals surface area contributed by atoms with Crippen LogP contribution in [0.5, 0.6) is 5.75 Å². The SMILES string of the molecule is COc1ccc(Br)c(C(=O)NCCCNc2cc(C)nc3ncnn23)c1. The first kappa shape index (κ1) is 18.1. The molecule has 3 aromatic rings. The van der Waals surface area contributed by atoms with E-state index in [1.165, 1.54) is 6.33 Å². The first-order valence-corrected chi connectivity index (χ1v) is 8.91. The minimum atomic E-state index is -0.144. The Kier molecular flexibility index (Phi) is 5.67. The summed E-state index contributed by atoms with van der Waals surface area (Å²) in [5.74, 6) is 1.88. The van der Waals surface area contributed by atoms with Gasteiger partial charge in [0.15, 0.2) is 0 Å². The molecule has 0 spiro atoms. The van der Waals surface area contributed by atoms with E-state index in [1.54, 1.807) is 29.8 Å². The second-order valence-corrected chi connectivity index (χ2v) is 6.49. The fourth-order valence-corrected chi connectivity index (χ4v) is 2.89. The molecule has 1 aromatic carbocycles. The van der Waals surface area contributed by atoms with Crippen LogP contribution in [0, 0.1) is 6.92 Å². The lowest BCUT2D eigenvalue weighted by molar-refractivity contribution is 0.0952. The summed E-state index contributed by atoms with van der Waals surface area (Å²) in [6.45, 7) is 3.13. The lowest BCUT2D eigenvalue weighted by Gasteiger charge is -2.10. The van der Waals surface area contributed by atoms with Crippen molar-refractivity contribution in [1.29, 1.82) is 0 Å². The van der Waals surface area contributed by atoms with E-state index >= 15 is 0 Å². The first-order chi connectivity index (χ1) is 12.6. The minimum Gasteiger partial charge on any atom is -0.497 e. The van der Waals surface area contributed by atoms with E-state index in [0.29, 0.717) is 30.2 Å². The summed E-state index contributed by atoms with van der Waals surface area (Å²) in [5, 5.41) is 10.4. The third-order valence-electron chi connectivity index (χ3n) is 3.74. The molecule has 26 heavy (non-hydrogen) atoms. The van der Waals surface area contributed by atoms with E-state index < -0.39 is 0 Å². The Labute approximate surface area is 159 Å². The highest BCUT2D eigenvalue weighted by Gasteiger charge is 2.11. The number of carbonyl (C=O) groups is 1. The number of ether oxygens (including phenoxy) is 1. The molecule has 0 unspecified atom stereocenters. The second-order valence-electron chi connectivity index (χ2n) is 5.64. The van der Waals surface area contributed by atoms with Crippen molar-refractivity contribution in [3.05, 3.63) is 46.3 Å². The monoisotopic (exact) mass is 418 g/mol. The summed E-state index contributed by atoms with van der Waals surface area (Å²) >= 11 is 3.39.